The van der Waals surface area contributed by atoms with Crippen LogP contribution in [0.25, 0.3) is 10.9 Å². The van der Waals surface area contributed by atoms with Gasteiger partial charge in [0.1, 0.15) is 5.40 Å². The molecule has 0 aliphatic carbocycles. The molecule has 0 radical (unpaired) electrons. The number of hydrogen-bond acceptors (Lipinski definition) is 2. The summed E-state index contributed by atoms with van der Waals surface area (Å²) in [6.07, 6.45) is 7.45. The maximum Gasteiger partial charge on any atom is 0.117 e. The fourth-order valence-corrected chi connectivity index (χ4v) is 4.67. The Hall–Kier alpha value is -1.05. The average molecular weight is 365 g/mol. The molecule has 0 saturated carbocycles. The molecule has 0 unspecified atom stereocenters. The van der Waals surface area contributed by atoms with Gasteiger partial charge in [0.05, 0.1) is 5.52 Å². The molecule has 0 aliphatic heterocycles. The lowest BCUT2D eigenvalue weighted by atomic mass is 10.0. The summed E-state index contributed by atoms with van der Waals surface area (Å²) in [5.41, 5.74) is 3.34. The highest BCUT2D eigenvalue weighted by Gasteiger charge is 2.23. The van der Waals surface area contributed by atoms with Gasteiger partial charge in [0.2, 0.25) is 0 Å². The molecule has 0 atom stereocenters. The van der Waals surface area contributed by atoms with E-state index in [-0.39, 0.29) is 0 Å². The Balaban J connectivity index is 2.84. The lowest BCUT2D eigenvalue weighted by Crippen LogP contribution is -2.05. The summed E-state index contributed by atoms with van der Waals surface area (Å²) in [6, 6.07) is 6.16. The van der Waals surface area contributed by atoms with Gasteiger partial charge in [-0.1, -0.05) is 29.3 Å². The van der Waals surface area contributed by atoms with Gasteiger partial charge in [-0.15, -0.1) is 10.0 Å². The number of benzene rings is 1. The monoisotopic (exact) mass is 364 g/mol. The number of nitriles is 1. The zero-order valence-corrected chi connectivity index (χ0v) is 15.4. The van der Waals surface area contributed by atoms with E-state index in [9.17, 15) is 5.26 Å². The van der Waals surface area contributed by atoms with Crippen LogP contribution in [-0.2, 0) is 6.42 Å². The molecule has 0 spiro atoms. The molecule has 0 amide bonds. The number of thiocyanates is 1. The molecular formula is C17H21BrN2S. The van der Waals surface area contributed by atoms with Crippen LogP contribution in [0.2, 0.25) is 0 Å². The number of nitrogens with zero attached hydrogens (tertiary/aromatic N) is 2. The Bertz CT molecular complexity index is 717. The number of fused-ring (bicyclic) bond motifs is 1. The van der Waals surface area contributed by atoms with Crippen molar-refractivity contribution in [2.45, 2.75) is 38.0 Å². The molecule has 0 bridgehead atoms. The molecule has 2 nitrogen and oxygen atoms in total. The summed E-state index contributed by atoms with van der Waals surface area (Å²) in [5.74, 6) is 0. The standard InChI is InChI=1S/C17H21BrN2S/c1-5-6-7-14-12(2)20-16-9-8-13(18)10-15(16)17(14)21(3,4)11-19/h8-10H,5-7H2,1-4H3. The fraction of sp³-hybridized carbons (Fsp3) is 0.412. The Morgan fingerprint density at radius 2 is 2.05 bits per heavy atom. The van der Waals surface area contributed by atoms with E-state index in [2.05, 4.69) is 53.8 Å². The topological polar surface area (TPSA) is 36.7 Å². The van der Waals surface area contributed by atoms with Crippen molar-refractivity contribution in [1.29, 1.82) is 5.26 Å². The van der Waals surface area contributed by atoms with Crippen molar-refractivity contribution in [3.05, 3.63) is 33.9 Å². The Morgan fingerprint density at radius 1 is 1.33 bits per heavy atom. The quantitative estimate of drug-likeness (QED) is 0.666. The molecule has 0 saturated heterocycles. The first-order chi connectivity index (χ1) is 9.90. The van der Waals surface area contributed by atoms with Crippen molar-refractivity contribution in [2.24, 2.45) is 0 Å². The average Bonchev–Trinajstić information content (AvgIpc) is 2.45. The third-order valence-corrected chi connectivity index (χ3v) is 6.16. The number of rotatable bonds is 4. The lowest BCUT2D eigenvalue weighted by molar-refractivity contribution is 0.777. The Morgan fingerprint density at radius 3 is 2.67 bits per heavy atom. The van der Waals surface area contributed by atoms with Crippen LogP contribution in [0.15, 0.2) is 27.6 Å². The van der Waals surface area contributed by atoms with Crippen LogP contribution in [0.4, 0.5) is 0 Å². The first-order valence-corrected chi connectivity index (χ1v) is 10.4. The van der Waals surface area contributed by atoms with Gasteiger partial charge in [0, 0.05) is 20.4 Å². The van der Waals surface area contributed by atoms with Crippen molar-refractivity contribution in [3.8, 4) is 5.40 Å². The van der Waals surface area contributed by atoms with Gasteiger partial charge >= 0.3 is 0 Å². The molecule has 4 heteroatoms. The van der Waals surface area contributed by atoms with Crippen LogP contribution >= 0.6 is 26.0 Å². The van der Waals surface area contributed by atoms with Crippen molar-refractivity contribution in [3.63, 3.8) is 0 Å². The van der Waals surface area contributed by atoms with E-state index >= 15 is 0 Å². The first kappa shape index (κ1) is 16.3. The van der Waals surface area contributed by atoms with Crippen LogP contribution in [0.5, 0.6) is 0 Å². The van der Waals surface area contributed by atoms with E-state index in [1.54, 1.807) is 0 Å². The number of pyridine rings is 1. The first-order valence-electron chi connectivity index (χ1n) is 7.13. The van der Waals surface area contributed by atoms with E-state index in [0.717, 1.165) is 40.3 Å². The number of unbranched alkanes of at least 4 members (excludes halogenated alkanes) is 1. The predicted molar refractivity (Wildman–Crippen MR) is 96.1 cm³/mol. The molecule has 1 aromatic carbocycles. The molecule has 21 heavy (non-hydrogen) atoms. The Labute approximate surface area is 137 Å². The van der Waals surface area contributed by atoms with Gasteiger partial charge < -0.3 is 0 Å². The second-order valence-electron chi connectivity index (χ2n) is 5.69. The van der Waals surface area contributed by atoms with Crippen molar-refractivity contribution < 1.29 is 0 Å². The summed E-state index contributed by atoms with van der Waals surface area (Å²) in [7, 11) is -1.48. The van der Waals surface area contributed by atoms with Crippen LogP contribution < -0.4 is 0 Å². The maximum atomic E-state index is 9.67. The van der Waals surface area contributed by atoms with Gasteiger partial charge in [-0.05, 0) is 56.0 Å². The molecule has 1 aromatic heterocycles. The molecule has 2 rings (SSSR count). The predicted octanol–water partition coefficient (Wildman–Crippen LogP) is 5.55. The number of aryl methyl sites for hydroxylation is 1. The zero-order valence-electron chi connectivity index (χ0n) is 13.0. The largest absolute Gasteiger partial charge is 0.253 e. The Kier molecular flexibility index (Phi) is 4.95. The number of aromatic nitrogens is 1. The lowest BCUT2D eigenvalue weighted by Gasteiger charge is -2.28. The fourth-order valence-electron chi connectivity index (χ4n) is 2.64. The smallest absolute Gasteiger partial charge is 0.117 e. The van der Waals surface area contributed by atoms with Crippen molar-refractivity contribution in [1.82, 2.24) is 4.98 Å². The van der Waals surface area contributed by atoms with E-state index in [1.807, 2.05) is 12.1 Å². The summed E-state index contributed by atoms with van der Waals surface area (Å²) >= 11 is 3.55. The summed E-state index contributed by atoms with van der Waals surface area (Å²) in [5, 5.41) is 13.4. The highest BCUT2D eigenvalue weighted by atomic mass is 79.9. The molecular weight excluding hydrogens is 344 g/mol. The molecule has 1 heterocycles. The van der Waals surface area contributed by atoms with Crippen LogP contribution in [0.3, 0.4) is 0 Å². The summed E-state index contributed by atoms with van der Waals surface area (Å²) in [4.78, 5) is 5.99. The van der Waals surface area contributed by atoms with E-state index in [1.165, 1.54) is 10.5 Å². The minimum absolute atomic E-state index is 0.988. The zero-order chi connectivity index (χ0) is 15.6. The molecule has 112 valence electrons. The summed E-state index contributed by atoms with van der Waals surface area (Å²) < 4.78 is 1.04. The van der Waals surface area contributed by atoms with Gasteiger partial charge in [0.25, 0.3) is 0 Å². The highest BCUT2D eigenvalue weighted by molar-refractivity contribution is 9.10. The maximum absolute atomic E-state index is 9.67. The summed E-state index contributed by atoms with van der Waals surface area (Å²) in [6.45, 7) is 4.27. The normalized spacial score (nSPS) is 12.4. The third-order valence-electron chi connectivity index (χ3n) is 3.72. The number of hydrogen-bond donors (Lipinski definition) is 0. The van der Waals surface area contributed by atoms with Gasteiger partial charge in [-0.25, -0.2) is 0 Å². The number of halogens is 1. The molecule has 0 N–H and O–H groups in total. The highest BCUT2D eigenvalue weighted by Crippen LogP contribution is 2.53. The second-order valence-corrected chi connectivity index (χ2v) is 9.85. The van der Waals surface area contributed by atoms with Gasteiger partial charge in [-0.2, -0.15) is 5.26 Å². The molecule has 0 fully saturated rings. The van der Waals surface area contributed by atoms with E-state index in [4.69, 9.17) is 4.98 Å². The third kappa shape index (κ3) is 3.25. The van der Waals surface area contributed by atoms with E-state index < -0.39 is 10.0 Å². The molecule has 0 aliphatic rings. The molecule has 2 aromatic rings. The minimum atomic E-state index is -1.48. The van der Waals surface area contributed by atoms with Gasteiger partial charge in [-0.3, -0.25) is 4.98 Å². The van der Waals surface area contributed by atoms with Crippen LogP contribution in [-0.4, -0.2) is 17.5 Å². The van der Waals surface area contributed by atoms with E-state index in [0.29, 0.717) is 0 Å². The minimum Gasteiger partial charge on any atom is -0.253 e. The van der Waals surface area contributed by atoms with Crippen LogP contribution in [0.1, 0.15) is 31.0 Å². The van der Waals surface area contributed by atoms with Crippen molar-refractivity contribution in [2.75, 3.05) is 12.5 Å². The van der Waals surface area contributed by atoms with Gasteiger partial charge in [0.15, 0.2) is 0 Å². The van der Waals surface area contributed by atoms with Crippen molar-refractivity contribution >= 4 is 36.9 Å². The van der Waals surface area contributed by atoms with Crippen LogP contribution in [0, 0.1) is 17.6 Å². The SMILES string of the molecule is CCCCc1c(C)nc2ccc(Br)cc2c1S(C)(C)C#N. The second kappa shape index (κ2) is 6.37.